The number of rotatable bonds is 9. The second-order valence-electron chi connectivity index (χ2n) is 4.73. The molecule has 1 heterocycles. The van der Waals surface area contributed by atoms with Gasteiger partial charge in [0.1, 0.15) is 11.1 Å². The number of alkyl halides is 3. The van der Waals surface area contributed by atoms with Gasteiger partial charge in [-0.15, -0.1) is 11.3 Å². The van der Waals surface area contributed by atoms with E-state index >= 15 is 0 Å². The molecule has 7 heteroatoms. The summed E-state index contributed by atoms with van der Waals surface area (Å²) in [5, 5.41) is 3.44. The molecule has 1 aromatic rings. The molecule has 0 aliphatic carbocycles. The van der Waals surface area contributed by atoms with E-state index in [1.54, 1.807) is 0 Å². The molecule has 0 aliphatic heterocycles. The van der Waals surface area contributed by atoms with Crippen LogP contribution in [0.2, 0.25) is 0 Å². The average Bonchev–Trinajstić information content (AvgIpc) is 2.83. The molecule has 0 radical (unpaired) electrons. The summed E-state index contributed by atoms with van der Waals surface area (Å²) in [6.07, 6.45) is -2.35. The number of halogens is 3. The van der Waals surface area contributed by atoms with Crippen molar-refractivity contribution in [2.24, 2.45) is 0 Å². The van der Waals surface area contributed by atoms with Crippen molar-refractivity contribution in [2.75, 3.05) is 13.2 Å². The lowest BCUT2D eigenvalue weighted by Gasteiger charge is -2.12. The Hall–Kier alpha value is -0.660. The molecule has 0 aliphatic rings. The van der Waals surface area contributed by atoms with E-state index in [9.17, 15) is 13.2 Å². The number of aromatic nitrogens is 1. The number of nitrogens with zero attached hydrogens (tertiary/aromatic N) is 1. The zero-order valence-electron chi connectivity index (χ0n) is 12.7. The van der Waals surface area contributed by atoms with Crippen LogP contribution in [0, 0.1) is 0 Å². The molecule has 0 fully saturated rings. The monoisotopic (exact) mass is 324 g/mol. The Morgan fingerprint density at radius 3 is 2.48 bits per heavy atom. The van der Waals surface area contributed by atoms with Gasteiger partial charge in [0.2, 0.25) is 0 Å². The highest BCUT2D eigenvalue weighted by molar-refractivity contribution is 7.11. The fraction of sp³-hybridized carbons (Fsp3) is 0.786. The van der Waals surface area contributed by atoms with E-state index in [1.165, 1.54) is 0 Å². The molecule has 1 atom stereocenters. The van der Waals surface area contributed by atoms with Gasteiger partial charge in [0.25, 0.3) is 0 Å². The van der Waals surface area contributed by atoms with Crippen molar-refractivity contribution in [1.82, 2.24) is 10.3 Å². The highest BCUT2D eigenvalue weighted by Gasteiger charge is 2.38. The molecule has 1 rings (SSSR count). The molecule has 0 aromatic carbocycles. The summed E-state index contributed by atoms with van der Waals surface area (Å²) in [5.41, 5.74) is -0.771. The molecule has 0 saturated heterocycles. The Morgan fingerprint density at radius 2 is 1.95 bits per heavy atom. The Morgan fingerprint density at radius 1 is 1.24 bits per heavy atom. The molecule has 0 amide bonds. The van der Waals surface area contributed by atoms with E-state index < -0.39 is 11.9 Å². The van der Waals surface area contributed by atoms with Gasteiger partial charge in [-0.3, -0.25) is 0 Å². The van der Waals surface area contributed by atoms with Gasteiger partial charge in [0.05, 0.1) is 4.88 Å². The number of hydrogen-bond donors (Lipinski definition) is 1. The lowest BCUT2D eigenvalue weighted by molar-refractivity contribution is -0.141. The molecule has 122 valence electrons. The van der Waals surface area contributed by atoms with Crippen molar-refractivity contribution in [3.8, 4) is 0 Å². The zero-order chi connectivity index (χ0) is 15.9. The fourth-order valence-electron chi connectivity index (χ4n) is 1.97. The van der Waals surface area contributed by atoms with Crippen LogP contribution in [0.25, 0.3) is 0 Å². The van der Waals surface area contributed by atoms with Crippen LogP contribution in [-0.2, 0) is 17.5 Å². The topological polar surface area (TPSA) is 34.1 Å². The van der Waals surface area contributed by atoms with E-state index in [4.69, 9.17) is 4.74 Å². The molecule has 0 bridgehead atoms. The van der Waals surface area contributed by atoms with Gasteiger partial charge in [-0.05, 0) is 26.3 Å². The Kier molecular flexibility index (Phi) is 7.62. The minimum Gasteiger partial charge on any atom is -0.371 e. The maximum Gasteiger partial charge on any atom is 0.434 e. The van der Waals surface area contributed by atoms with Crippen molar-refractivity contribution >= 4 is 11.3 Å². The number of nitrogens with one attached hydrogen (secondary N) is 1. The molecule has 1 N–H and O–H groups in total. The van der Waals surface area contributed by atoms with Crippen molar-refractivity contribution < 1.29 is 17.9 Å². The van der Waals surface area contributed by atoms with Crippen molar-refractivity contribution in [3.05, 3.63) is 15.6 Å². The second kappa shape index (κ2) is 8.70. The number of thiazole rings is 1. The maximum atomic E-state index is 13.1. The van der Waals surface area contributed by atoms with Crippen LogP contribution in [0.15, 0.2) is 0 Å². The van der Waals surface area contributed by atoms with Gasteiger partial charge in [0, 0.05) is 13.2 Å². The smallest absolute Gasteiger partial charge is 0.371 e. The van der Waals surface area contributed by atoms with Gasteiger partial charge in [0.15, 0.2) is 5.69 Å². The fourth-order valence-corrected chi connectivity index (χ4v) is 3.11. The zero-order valence-corrected chi connectivity index (χ0v) is 13.5. The van der Waals surface area contributed by atoms with Gasteiger partial charge in [-0.2, -0.15) is 13.2 Å². The normalized spacial score (nSPS) is 13.6. The van der Waals surface area contributed by atoms with Crippen LogP contribution in [0.4, 0.5) is 13.2 Å². The van der Waals surface area contributed by atoms with Crippen LogP contribution < -0.4 is 5.32 Å². The average molecular weight is 324 g/mol. The van der Waals surface area contributed by atoms with Crippen LogP contribution in [-0.4, -0.2) is 18.1 Å². The van der Waals surface area contributed by atoms with Crippen molar-refractivity contribution in [3.63, 3.8) is 0 Å². The van der Waals surface area contributed by atoms with E-state index in [2.05, 4.69) is 10.3 Å². The summed E-state index contributed by atoms with van der Waals surface area (Å²) in [4.78, 5) is 4.07. The van der Waals surface area contributed by atoms with E-state index in [-0.39, 0.29) is 17.5 Å². The molecular weight excluding hydrogens is 301 g/mol. The van der Waals surface area contributed by atoms with E-state index in [0.29, 0.717) is 24.6 Å². The first kappa shape index (κ1) is 18.4. The minimum absolute atomic E-state index is 0.200. The van der Waals surface area contributed by atoms with Gasteiger partial charge in [-0.25, -0.2) is 4.98 Å². The summed E-state index contributed by atoms with van der Waals surface area (Å²) in [7, 11) is 0. The minimum atomic E-state index is -4.42. The van der Waals surface area contributed by atoms with Crippen LogP contribution >= 0.6 is 11.3 Å². The Bertz CT molecular complexity index is 415. The van der Waals surface area contributed by atoms with E-state index in [0.717, 1.165) is 24.2 Å². The molecular formula is C14H23F3N2OS. The molecule has 21 heavy (non-hydrogen) atoms. The number of hydrogen-bond acceptors (Lipinski definition) is 4. The molecule has 1 aromatic heterocycles. The van der Waals surface area contributed by atoms with Crippen LogP contribution in [0.1, 0.15) is 61.7 Å². The van der Waals surface area contributed by atoms with Crippen molar-refractivity contribution in [1.29, 1.82) is 0 Å². The van der Waals surface area contributed by atoms with Gasteiger partial charge < -0.3 is 10.1 Å². The van der Waals surface area contributed by atoms with E-state index in [1.807, 2.05) is 20.8 Å². The summed E-state index contributed by atoms with van der Waals surface area (Å²) < 4.78 is 44.8. The summed E-state index contributed by atoms with van der Waals surface area (Å²) in [5.74, 6) is 0. The summed E-state index contributed by atoms with van der Waals surface area (Å²) >= 11 is 1.11. The van der Waals surface area contributed by atoms with Gasteiger partial charge >= 0.3 is 6.18 Å². The third-order valence-corrected chi connectivity index (χ3v) is 4.04. The first-order valence-corrected chi connectivity index (χ1v) is 8.14. The standard InChI is InChI=1S/C14H23F3N2OS/c1-4-7-10(20-6-3)13-19-12(14(15,16)17)11(21-13)9-18-8-5-2/h10,18H,4-9H2,1-3H3. The SMILES string of the molecule is CCCNCc1sc(C(CCC)OCC)nc1C(F)(F)F. The highest BCUT2D eigenvalue weighted by Crippen LogP contribution is 2.37. The second-order valence-corrected chi connectivity index (χ2v) is 5.85. The predicted molar refractivity (Wildman–Crippen MR) is 78.4 cm³/mol. The predicted octanol–water partition coefficient (Wildman–Crippen LogP) is 4.54. The molecule has 3 nitrogen and oxygen atoms in total. The lowest BCUT2D eigenvalue weighted by atomic mass is 10.2. The number of ether oxygens (including phenoxy) is 1. The quantitative estimate of drug-likeness (QED) is 0.677. The lowest BCUT2D eigenvalue weighted by Crippen LogP contribution is -2.17. The molecule has 0 saturated carbocycles. The Balaban J connectivity index is 2.99. The Labute approximate surface area is 127 Å². The van der Waals surface area contributed by atoms with Crippen LogP contribution in [0.5, 0.6) is 0 Å². The van der Waals surface area contributed by atoms with Crippen molar-refractivity contribution in [2.45, 2.75) is 58.9 Å². The summed E-state index contributed by atoms with van der Waals surface area (Å²) in [6, 6.07) is 0. The third kappa shape index (κ3) is 5.56. The first-order chi connectivity index (χ1) is 9.93. The van der Waals surface area contributed by atoms with Crippen LogP contribution in [0.3, 0.4) is 0 Å². The molecule has 1 unspecified atom stereocenters. The first-order valence-electron chi connectivity index (χ1n) is 7.33. The van der Waals surface area contributed by atoms with Gasteiger partial charge in [-0.1, -0.05) is 20.3 Å². The maximum absolute atomic E-state index is 13.1. The third-order valence-electron chi connectivity index (χ3n) is 2.89. The molecule has 0 spiro atoms. The largest absolute Gasteiger partial charge is 0.434 e. The summed E-state index contributed by atoms with van der Waals surface area (Å²) in [6.45, 7) is 7.15. The highest BCUT2D eigenvalue weighted by atomic mass is 32.1.